The molecule has 9 rings (SSSR count). The van der Waals surface area contributed by atoms with E-state index in [1.807, 2.05) is 27.7 Å². The first kappa shape index (κ1) is 82.9. The van der Waals surface area contributed by atoms with Gasteiger partial charge in [0.2, 0.25) is 17.5 Å². The predicted molar refractivity (Wildman–Crippen MR) is 299 cm³/mol. The largest absolute Gasteiger partial charge is 1.00 e. The van der Waals surface area contributed by atoms with Gasteiger partial charge >= 0.3 is 66.6 Å². The molecule has 8 aromatic rings. The van der Waals surface area contributed by atoms with Crippen LogP contribution in [0.5, 0.6) is 11.8 Å². The maximum Gasteiger partial charge on any atom is 1.00 e. The van der Waals surface area contributed by atoms with Gasteiger partial charge in [-0.05, 0) is 134 Å². The second-order valence-electron chi connectivity index (χ2n) is 17.5. The molecule has 0 atom stereocenters. The van der Waals surface area contributed by atoms with E-state index in [2.05, 4.69) is 91.4 Å². The Balaban J connectivity index is 0.00000114. The van der Waals surface area contributed by atoms with Gasteiger partial charge < -0.3 is 33.4 Å². The Morgan fingerprint density at radius 3 is 1.30 bits per heavy atom. The molecule has 0 radical (unpaired) electrons. The molecule has 1 aliphatic rings. The number of pyridine rings is 5. The number of hydrogen-bond donors (Lipinski definition) is 0. The molecule has 8 aromatic heterocycles. The van der Waals surface area contributed by atoms with Crippen LogP contribution < -0.4 is 49.6 Å². The number of halogens is 17. The van der Waals surface area contributed by atoms with Crippen LogP contribution >= 0.6 is 43.5 Å². The summed E-state index contributed by atoms with van der Waals surface area (Å²) < 4.78 is 214. The molecule has 18 nitrogen and oxygen atoms in total. The fourth-order valence-electron chi connectivity index (χ4n) is 6.52. The van der Waals surface area contributed by atoms with E-state index < -0.39 is 102 Å². The van der Waals surface area contributed by atoms with Crippen LogP contribution in [0.1, 0.15) is 95.6 Å². The van der Waals surface area contributed by atoms with Crippen molar-refractivity contribution in [3.8, 4) is 22.9 Å². The smallest absolute Gasteiger partial charge is 0.855 e. The van der Waals surface area contributed by atoms with Crippen molar-refractivity contribution in [1.29, 1.82) is 0 Å². The minimum absolute atomic E-state index is 0. The molecule has 1 aliphatic heterocycles. The van der Waals surface area contributed by atoms with Gasteiger partial charge in [0.25, 0.3) is 11.8 Å². The normalized spacial score (nSPS) is 13.4. The zero-order valence-electron chi connectivity index (χ0n) is 44.8. The molecule has 0 unspecified atom stereocenters. The standard InChI is InChI=1S/C16H12F6N4O2.C13H16BF4NO3.C9H8BrF2N3O.C7H3BrClF2N3.C2H5O.4CH4.Na/c1-2-28-16(21,22)14-25-24-12-4-3-9(7-26(12)14)10-5-11(17)13(23-6-10)27-8-15(18,19)20;1-11(2)12(3,4)22-14(21-11)8-5-9(15)10(19-6-8)20-7-13(16,17)18;1-2-16-9(11,12)8-14-13-7-4-3-6(10)5-15(7)8;8-4-1-2-5-12-13-6(7(9,10)11)14(5)3-4;1-2-3;;;;;/h3-7H,2,8H2,1H3;5-6H,7H2,1-4H3;3-5H,2H2,1H3;1-3H;2H2,1H3;4*1H4;/q;;;;-1;;;;;+1. The Kier molecular flexibility index (Phi) is 31.9. The Morgan fingerprint density at radius 2 is 0.920 bits per heavy atom. The van der Waals surface area contributed by atoms with Crippen molar-refractivity contribution in [2.75, 3.05) is 33.0 Å². The quantitative estimate of drug-likeness (QED) is 0.0600. The Bertz CT molecular complexity index is 3440. The van der Waals surface area contributed by atoms with Gasteiger partial charge in [0.1, 0.15) is 0 Å². The van der Waals surface area contributed by atoms with Crippen LogP contribution in [0.4, 0.5) is 61.5 Å². The molecule has 0 N–H and O–H groups in total. The Hall–Kier alpha value is -5.11. The zero-order chi connectivity index (χ0) is 62.1. The third-order valence-corrected chi connectivity index (χ3v) is 11.9. The van der Waals surface area contributed by atoms with Gasteiger partial charge in [0, 0.05) is 56.5 Å². The number of ether oxygens (including phenoxy) is 4. The van der Waals surface area contributed by atoms with Crippen molar-refractivity contribution in [1.82, 2.24) is 53.8 Å². The topological polar surface area (TPSA) is 195 Å². The second-order valence-corrected chi connectivity index (χ2v) is 19.8. The average Bonchev–Trinajstić information content (AvgIpc) is 1.77. The first-order chi connectivity index (χ1) is 38.5. The van der Waals surface area contributed by atoms with Crippen LogP contribution in [0.3, 0.4) is 0 Å². The summed E-state index contributed by atoms with van der Waals surface area (Å²) in [5.41, 5.74) is 0.181. The molecular weight excluding hydrogens is 1370 g/mol. The van der Waals surface area contributed by atoms with Gasteiger partial charge in [0.05, 0.1) is 24.4 Å². The molecule has 1 saturated heterocycles. The van der Waals surface area contributed by atoms with Crippen LogP contribution in [0, 0.1) is 11.6 Å². The number of fused-ring (bicyclic) bond motifs is 3. The summed E-state index contributed by atoms with van der Waals surface area (Å²) in [6.45, 7) is 8.11. The minimum Gasteiger partial charge on any atom is -0.855 e. The molecule has 9 heterocycles. The Morgan fingerprint density at radius 1 is 0.557 bits per heavy atom. The maximum atomic E-state index is 14.0. The van der Waals surface area contributed by atoms with Gasteiger partial charge in [-0.25, -0.2) is 18.7 Å². The number of hydrogen-bond acceptors (Lipinski definition) is 15. The van der Waals surface area contributed by atoms with E-state index in [9.17, 15) is 61.5 Å². The van der Waals surface area contributed by atoms with Gasteiger partial charge in [0.15, 0.2) is 41.8 Å². The molecule has 37 heteroatoms. The molecular formula is C51H60BBr2ClF14N11NaO7. The van der Waals surface area contributed by atoms with Gasteiger partial charge in [-0.15, -0.1) is 37.2 Å². The summed E-state index contributed by atoms with van der Waals surface area (Å²) in [5.74, 6) is -5.56. The minimum atomic E-state index is -4.64. The molecule has 0 amide bonds. The monoisotopic (exact) mass is 1430 g/mol. The van der Waals surface area contributed by atoms with Crippen LogP contribution in [0.2, 0.25) is 0 Å². The van der Waals surface area contributed by atoms with E-state index in [-0.39, 0.29) is 101 Å². The fraction of sp³-hybridized carbons (Fsp3) is 0.451. The van der Waals surface area contributed by atoms with E-state index in [0.29, 0.717) is 20.2 Å². The van der Waals surface area contributed by atoms with Crippen molar-refractivity contribution >= 4 is 73.0 Å². The maximum absolute atomic E-state index is 14.0. The summed E-state index contributed by atoms with van der Waals surface area (Å²) in [6.07, 6.45) is -9.99. The van der Waals surface area contributed by atoms with Crippen molar-refractivity contribution in [2.45, 2.75) is 119 Å². The van der Waals surface area contributed by atoms with Crippen LogP contribution in [-0.2, 0) is 36.4 Å². The van der Waals surface area contributed by atoms with E-state index in [1.165, 1.54) is 55.2 Å². The molecule has 0 saturated carbocycles. The zero-order valence-corrected chi connectivity index (χ0v) is 50.7. The third-order valence-electron chi connectivity index (χ3n) is 10.8. The van der Waals surface area contributed by atoms with Gasteiger partial charge in [-0.3, -0.25) is 13.2 Å². The van der Waals surface area contributed by atoms with Crippen LogP contribution in [0.15, 0.2) is 88.5 Å². The predicted octanol–water partition coefficient (Wildman–Crippen LogP) is 10.7. The molecule has 484 valence electrons. The summed E-state index contributed by atoms with van der Waals surface area (Å²) in [5, 5.41) is 26.4. The average molecular weight is 1430 g/mol. The van der Waals surface area contributed by atoms with E-state index >= 15 is 0 Å². The molecule has 0 aliphatic carbocycles. The third kappa shape index (κ3) is 22.4. The molecule has 0 aromatic carbocycles. The van der Waals surface area contributed by atoms with E-state index in [1.54, 1.807) is 31.2 Å². The van der Waals surface area contributed by atoms with Crippen molar-refractivity contribution in [2.24, 2.45) is 0 Å². The number of alkyl halides is 13. The molecule has 88 heavy (non-hydrogen) atoms. The number of nitrogens with zero attached hydrogens (tertiary/aromatic N) is 11. The second kappa shape index (κ2) is 33.8. The van der Waals surface area contributed by atoms with E-state index in [0.717, 1.165) is 27.1 Å². The molecule has 1 fully saturated rings. The van der Waals surface area contributed by atoms with Crippen molar-refractivity contribution in [3.05, 3.63) is 118 Å². The van der Waals surface area contributed by atoms with Gasteiger partial charge in [-0.1, -0.05) is 36.6 Å². The Labute approximate surface area is 540 Å². The summed E-state index contributed by atoms with van der Waals surface area (Å²) in [6, 6.07) is 11.2. The molecule has 0 bridgehead atoms. The molecule has 0 spiro atoms. The fourth-order valence-corrected chi connectivity index (χ4v) is 7.32. The summed E-state index contributed by atoms with van der Waals surface area (Å²) >= 11 is 11.2. The van der Waals surface area contributed by atoms with Crippen molar-refractivity contribution < 1.29 is 124 Å². The first-order valence-electron chi connectivity index (χ1n) is 23.6. The summed E-state index contributed by atoms with van der Waals surface area (Å²) in [4.78, 5) is 7.08. The van der Waals surface area contributed by atoms with Crippen molar-refractivity contribution in [3.63, 3.8) is 0 Å². The number of aromatic nitrogens is 11. The van der Waals surface area contributed by atoms with E-state index in [4.69, 9.17) is 26.0 Å². The van der Waals surface area contributed by atoms with Gasteiger partial charge in [-0.2, -0.15) is 52.7 Å². The van der Waals surface area contributed by atoms with Crippen LogP contribution in [-0.4, -0.2) is 117 Å². The summed E-state index contributed by atoms with van der Waals surface area (Å²) in [7, 11) is -0.844. The van der Waals surface area contributed by atoms with Crippen LogP contribution in [0.25, 0.3) is 28.1 Å². The first-order valence-corrected chi connectivity index (χ1v) is 25.5. The number of rotatable bonds is 13. The SMILES string of the molecule is C.C.C.C.CC1(C)OB(c2cnc(OCC(F)(F)F)c(F)c2)OC1(C)C.CCOC(F)(F)c1nnc2ccc(-c3cnc(OCC(F)(F)F)c(F)c3)cn12.CCOC(F)(F)c1nnc2ccc(Br)cn12.CC[O-].FC(F)(Cl)c1nnc2ccc(Br)cn12.[Na+].